The minimum atomic E-state index is -3.66. The Morgan fingerprint density at radius 2 is 1.75 bits per heavy atom. The van der Waals surface area contributed by atoms with Gasteiger partial charge >= 0.3 is 0 Å². The number of ketones is 1. The van der Waals surface area contributed by atoms with Crippen LogP contribution in [0.4, 0.5) is 0 Å². The number of carbonyl (C=O) groups excluding carboxylic acids is 2. The number of nitrogens with one attached hydrogen (secondary N) is 1. The summed E-state index contributed by atoms with van der Waals surface area (Å²) in [5.41, 5.74) is 4.38. The number of nitrogens with zero attached hydrogens (tertiary/aromatic N) is 2. The highest BCUT2D eigenvalue weighted by atomic mass is 32.2. The van der Waals surface area contributed by atoms with Gasteiger partial charge in [-0.05, 0) is 18.2 Å². The van der Waals surface area contributed by atoms with Crippen LogP contribution in [0.2, 0.25) is 0 Å². The molecule has 0 spiro atoms. The van der Waals surface area contributed by atoms with Crippen molar-refractivity contribution in [3.05, 3.63) is 65.2 Å². The molecule has 146 valence electrons. The molecule has 0 atom stereocenters. The van der Waals surface area contributed by atoms with Crippen LogP contribution < -0.4 is 5.43 Å². The molecule has 0 radical (unpaired) electrons. The van der Waals surface area contributed by atoms with Crippen LogP contribution in [0.3, 0.4) is 0 Å². The Balaban J connectivity index is 1.82. The second-order valence-corrected chi connectivity index (χ2v) is 8.20. The van der Waals surface area contributed by atoms with Gasteiger partial charge in [-0.25, -0.2) is 13.8 Å². The Bertz CT molecular complexity index is 1060. The third-order valence-corrected chi connectivity index (χ3v) is 6.64. The van der Waals surface area contributed by atoms with Crippen LogP contribution in [0.5, 0.6) is 0 Å². The zero-order valence-electron chi connectivity index (χ0n) is 15.7. The van der Waals surface area contributed by atoms with E-state index in [9.17, 15) is 18.0 Å². The average Bonchev–Trinajstić information content (AvgIpc) is 3.03. The van der Waals surface area contributed by atoms with Crippen molar-refractivity contribution in [3.8, 4) is 0 Å². The highest BCUT2D eigenvalue weighted by Crippen LogP contribution is 2.22. The molecule has 7 nitrogen and oxygen atoms in total. The summed E-state index contributed by atoms with van der Waals surface area (Å²) in [6.45, 7) is 4.20. The molecule has 2 aromatic carbocycles. The lowest BCUT2D eigenvalue weighted by atomic mass is 10.1. The number of Topliss-reactive ketones (excluding diaryl/α,β-unsaturated/α-hetero) is 1. The fourth-order valence-electron chi connectivity index (χ4n) is 3.11. The molecule has 1 aliphatic carbocycles. The second kappa shape index (κ2) is 8.04. The van der Waals surface area contributed by atoms with Gasteiger partial charge < -0.3 is 0 Å². The molecule has 1 aliphatic rings. The van der Waals surface area contributed by atoms with Gasteiger partial charge in [0.05, 0.1) is 17.0 Å². The van der Waals surface area contributed by atoms with Crippen molar-refractivity contribution in [2.24, 2.45) is 5.10 Å². The van der Waals surface area contributed by atoms with Crippen molar-refractivity contribution in [2.45, 2.75) is 25.2 Å². The number of hydrogen-bond acceptors (Lipinski definition) is 5. The number of fused-ring (bicyclic) bond motifs is 1. The molecule has 0 aromatic heterocycles. The van der Waals surface area contributed by atoms with Gasteiger partial charge in [-0.1, -0.05) is 44.2 Å². The van der Waals surface area contributed by atoms with Crippen LogP contribution in [-0.2, 0) is 10.0 Å². The molecule has 3 rings (SSSR count). The maximum absolute atomic E-state index is 12.6. The van der Waals surface area contributed by atoms with Gasteiger partial charge in [-0.2, -0.15) is 9.41 Å². The van der Waals surface area contributed by atoms with Crippen LogP contribution in [-0.4, -0.2) is 43.2 Å². The van der Waals surface area contributed by atoms with Crippen molar-refractivity contribution < 1.29 is 18.0 Å². The van der Waals surface area contributed by atoms with Crippen molar-refractivity contribution in [2.75, 3.05) is 13.1 Å². The van der Waals surface area contributed by atoms with Crippen molar-refractivity contribution in [1.29, 1.82) is 0 Å². The zero-order valence-corrected chi connectivity index (χ0v) is 16.5. The molecule has 0 unspecified atom stereocenters. The number of hydrazone groups is 1. The van der Waals surface area contributed by atoms with Gasteiger partial charge in [0.2, 0.25) is 10.0 Å². The average molecular weight is 399 g/mol. The van der Waals surface area contributed by atoms with Gasteiger partial charge in [0.15, 0.2) is 5.78 Å². The lowest BCUT2D eigenvalue weighted by Crippen LogP contribution is -2.30. The highest BCUT2D eigenvalue weighted by Gasteiger charge is 2.26. The summed E-state index contributed by atoms with van der Waals surface area (Å²) in [7, 11) is -3.66. The Morgan fingerprint density at radius 3 is 2.43 bits per heavy atom. The van der Waals surface area contributed by atoms with Gasteiger partial charge in [-0.3, -0.25) is 9.59 Å². The van der Waals surface area contributed by atoms with Crippen LogP contribution >= 0.6 is 0 Å². The first-order chi connectivity index (χ1) is 13.4. The first kappa shape index (κ1) is 19.9. The SMILES string of the molecule is CCN(CC)S(=O)(=O)c1cccc(C(=O)N/N=C2\CC(=O)c3ccccc32)c1. The van der Waals surface area contributed by atoms with E-state index in [0.29, 0.717) is 29.9 Å². The highest BCUT2D eigenvalue weighted by molar-refractivity contribution is 7.89. The molecule has 1 amide bonds. The molecule has 1 N–H and O–H groups in total. The smallest absolute Gasteiger partial charge is 0.271 e. The molecular formula is C20H21N3O4S. The first-order valence-corrected chi connectivity index (χ1v) is 10.4. The maximum Gasteiger partial charge on any atom is 0.271 e. The van der Waals surface area contributed by atoms with E-state index in [1.54, 1.807) is 38.1 Å². The second-order valence-electron chi connectivity index (χ2n) is 6.26. The number of sulfonamides is 1. The normalized spacial score (nSPS) is 15.1. The van der Waals surface area contributed by atoms with Gasteiger partial charge in [0.25, 0.3) is 5.91 Å². The third-order valence-electron chi connectivity index (χ3n) is 4.60. The topological polar surface area (TPSA) is 95.9 Å². The summed E-state index contributed by atoms with van der Waals surface area (Å²) in [5, 5.41) is 4.09. The van der Waals surface area contributed by atoms with Crippen LogP contribution in [0.1, 0.15) is 46.5 Å². The van der Waals surface area contributed by atoms with E-state index < -0.39 is 15.9 Å². The number of amides is 1. The molecular weight excluding hydrogens is 378 g/mol. The standard InChI is InChI=1S/C20H21N3O4S/c1-3-23(4-2)28(26,27)15-9-7-8-14(12-15)20(25)22-21-18-13-19(24)17-11-6-5-10-16(17)18/h5-12H,3-4,13H2,1-2H3,(H,22,25)/b21-18+. The van der Waals surface area contributed by atoms with E-state index in [-0.39, 0.29) is 22.7 Å². The minimum Gasteiger partial charge on any atom is -0.294 e. The van der Waals surface area contributed by atoms with E-state index in [1.165, 1.54) is 28.6 Å². The summed E-state index contributed by atoms with van der Waals surface area (Å²) in [5.74, 6) is -0.586. The molecule has 0 saturated heterocycles. The summed E-state index contributed by atoms with van der Waals surface area (Å²) < 4.78 is 26.6. The van der Waals surface area contributed by atoms with E-state index in [0.717, 1.165) is 0 Å². The van der Waals surface area contributed by atoms with Crippen LogP contribution in [0, 0.1) is 0 Å². The van der Waals surface area contributed by atoms with Crippen molar-refractivity contribution in [3.63, 3.8) is 0 Å². The fraction of sp³-hybridized carbons (Fsp3) is 0.250. The molecule has 0 saturated carbocycles. The van der Waals surface area contributed by atoms with E-state index in [1.807, 2.05) is 0 Å². The molecule has 2 aromatic rings. The molecule has 0 fully saturated rings. The maximum atomic E-state index is 12.6. The molecule has 0 aliphatic heterocycles. The zero-order chi connectivity index (χ0) is 20.3. The summed E-state index contributed by atoms with van der Waals surface area (Å²) >= 11 is 0. The van der Waals surface area contributed by atoms with Gasteiger partial charge in [-0.15, -0.1) is 0 Å². The van der Waals surface area contributed by atoms with Crippen LogP contribution in [0.25, 0.3) is 0 Å². The number of carbonyl (C=O) groups is 2. The lowest BCUT2D eigenvalue weighted by Gasteiger charge is -2.18. The summed E-state index contributed by atoms with van der Waals surface area (Å²) in [6.07, 6.45) is 0.121. The van der Waals surface area contributed by atoms with Crippen molar-refractivity contribution in [1.82, 2.24) is 9.73 Å². The van der Waals surface area contributed by atoms with Crippen molar-refractivity contribution >= 4 is 27.4 Å². The summed E-state index contributed by atoms with van der Waals surface area (Å²) in [6, 6.07) is 12.9. The quantitative estimate of drug-likeness (QED) is 0.755. The molecule has 28 heavy (non-hydrogen) atoms. The predicted molar refractivity (Wildman–Crippen MR) is 106 cm³/mol. The van der Waals surface area contributed by atoms with Gasteiger partial charge in [0, 0.05) is 29.8 Å². The number of rotatable bonds is 6. The predicted octanol–water partition coefficient (Wildman–Crippen LogP) is 2.44. The molecule has 0 bridgehead atoms. The Kier molecular flexibility index (Phi) is 5.71. The third kappa shape index (κ3) is 3.74. The Hall–Kier alpha value is -2.84. The lowest BCUT2D eigenvalue weighted by molar-refractivity contribution is 0.0951. The Morgan fingerprint density at radius 1 is 1.07 bits per heavy atom. The van der Waals surface area contributed by atoms with E-state index >= 15 is 0 Å². The fourth-order valence-corrected chi connectivity index (χ4v) is 4.62. The largest absolute Gasteiger partial charge is 0.294 e. The van der Waals surface area contributed by atoms with E-state index in [4.69, 9.17) is 0 Å². The monoisotopic (exact) mass is 399 g/mol. The minimum absolute atomic E-state index is 0.0455. The summed E-state index contributed by atoms with van der Waals surface area (Å²) in [4.78, 5) is 24.5. The number of hydrogen-bond donors (Lipinski definition) is 1. The van der Waals surface area contributed by atoms with E-state index in [2.05, 4.69) is 10.5 Å². The van der Waals surface area contributed by atoms with Crippen LogP contribution in [0.15, 0.2) is 58.5 Å². The first-order valence-electron chi connectivity index (χ1n) is 8.98. The number of benzene rings is 2. The van der Waals surface area contributed by atoms with Gasteiger partial charge in [0.1, 0.15) is 0 Å². The Labute approximate surface area is 164 Å². The molecule has 8 heteroatoms. The molecule has 0 heterocycles.